The molecule has 0 fully saturated rings. The highest BCUT2D eigenvalue weighted by molar-refractivity contribution is 5.93. The van der Waals surface area contributed by atoms with Crippen LogP contribution >= 0.6 is 0 Å². The van der Waals surface area contributed by atoms with Crippen LogP contribution < -0.4 is 5.73 Å². The second kappa shape index (κ2) is 6.16. The number of carboxylic acids is 1. The number of hydrogen-bond donors (Lipinski definition) is 2. The summed E-state index contributed by atoms with van der Waals surface area (Å²) in [6, 6.07) is 5.22. The van der Waals surface area contributed by atoms with Crippen molar-refractivity contribution in [2.24, 2.45) is 0 Å². The van der Waals surface area contributed by atoms with Gasteiger partial charge in [-0.3, -0.25) is 0 Å². The zero-order valence-corrected chi connectivity index (χ0v) is 9.70. The van der Waals surface area contributed by atoms with E-state index in [-0.39, 0.29) is 5.56 Å². The van der Waals surface area contributed by atoms with Crippen molar-refractivity contribution in [3.8, 4) is 0 Å². The van der Waals surface area contributed by atoms with Crippen molar-refractivity contribution in [3.63, 3.8) is 0 Å². The van der Waals surface area contributed by atoms with Gasteiger partial charge in [-0.2, -0.15) is 0 Å². The molecule has 0 bridgehead atoms. The summed E-state index contributed by atoms with van der Waals surface area (Å²) in [6.07, 6.45) is 5.81. The fraction of sp³-hybridized carbons (Fsp3) is 0.462. The molecule has 0 aliphatic rings. The molecule has 1 rings (SSSR count). The molecule has 16 heavy (non-hydrogen) atoms. The fourth-order valence-electron chi connectivity index (χ4n) is 1.72. The Balaban J connectivity index is 2.56. The number of benzene rings is 1. The molecule has 3 N–H and O–H groups in total. The van der Waals surface area contributed by atoms with Crippen LogP contribution in [0, 0.1) is 0 Å². The minimum absolute atomic E-state index is 0.192. The standard InChI is InChI=1S/C13H19NO2/c1-2-3-4-5-6-10-7-8-11(13(15)16)12(14)9-10/h7-9H,2-6,14H2,1H3,(H,15,16). The maximum atomic E-state index is 10.8. The van der Waals surface area contributed by atoms with Crippen LogP contribution in [0.5, 0.6) is 0 Å². The van der Waals surface area contributed by atoms with Gasteiger partial charge in [0.2, 0.25) is 0 Å². The van der Waals surface area contributed by atoms with Gasteiger partial charge in [0.15, 0.2) is 0 Å². The second-order valence-electron chi connectivity index (χ2n) is 4.04. The molecule has 0 saturated heterocycles. The van der Waals surface area contributed by atoms with E-state index < -0.39 is 5.97 Å². The van der Waals surface area contributed by atoms with Gasteiger partial charge in [0, 0.05) is 5.69 Å². The monoisotopic (exact) mass is 221 g/mol. The molecule has 0 aromatic heterocycles. The van der Waals surface area contributed by atoms with Gasteiger partial charge in [0.25, 0.3) is 0 Å². The van der Waals surface area contributed by atoms with E-state index in [4.69, 9.17) is 10.8 Å². The lowest BCUT2D eigenvalue weighted by molar-refractivity contribution is 0.0698. The molecule has 1 aromatic carbocycles. The molecule has 0 atom stereocenters. The summed E-state index contributed by atoms with van der Waals surface area (Å²) in [4.78, 5) is 10.8. The normalized spacial score (nSPS) is 10.3. The molecule has 0 unspecified atom stereocenters. The zero-order chi connectivity index (χ0) is 12.0. The van der Waals surface area contributed by atoms with E-state index in [9.17, 15) is 4.79 Å². The number of carboxylic acid groups (broad SMARTS) is 1. The first-order valence-corrected chi connectivity index (χ1v) is 5.77. The summed E-state index contributed by atoms with van der Waals surface area (Å²) in [5.41, 5.74) is 7.35. The Morgan fingerprint density at radius 2 is 2.06 bits per heavy atom. The van der Waals surface area contributed by atoms with Crippen LogP contribution in [-0.4, -0.2) is 11.1 Å². The molecule has 0 spiro atoms. The number of unbranched alkanes of at least 4 members (excludes halogenated alkanes) is 3. The Bertz CT molecular complexity index is 361. The number of aryl methyl sites for hydroxylation is 1. The van der Waals surface area contributed by atoms with Gasteiger partial charge < -0.3 is 10.8 Å². The highest BCUT2D eigenvalue weighted by Gasteiger charge is 2.07. The smallest absolute Gasteiger partial charge is 0.337 e. The summed E-state index contributed by atoms with van der Waals surface area (Å²) in [7, 11) is 0. The fourth-order valence-corrected chi connectivity index (χ4v) is 1.72. The van der Waals surface area contributed by atoms with Gasteiger partial charge in [0.1, 0.15) is 0 Å². The molecule has 0 aliphatic carbocycles. The van der Waals surface area contributed by atoms with Crippen molar-refractivity contribution in [1.29, 1.82) is 0 Å². The van der Waals surface area contributed by atoms with Crippen LogP contribution in [0.3, 0.4) is 0 Å². The maximum absolute atomic E-state index is 10.8. The first kappa shape index (κ1) is 12.6. The van der Waals surface area contributed by atoms with Crippen LogP contribution in [-0.2, 0) is 6.42 Å². The largest absolute Gasteiger partial charge is 0.478 e. The van der Waals surface area contributed by atoms with Gasteiger partial charge in [0.05, 0.1) is 5.56 Å². The number of anilines is 1. The Kier molecular flexibility index (Phi) is 4.83. The van der Waals surface area contributed by atoms with E-state index in [0.29, 0.717) is 5.69 Å². The molecular formula is C13H19NO2. The topological polar surface area (TPSA) is 63.3 Å². The van der Waals surface area contributed by atoms with Crippen LogP contribution in [0.2, 0.25) is 0 Å². The third-order valence-electron chi connectivity index (χ3n) is 2.67. The molecule has 88 valence electrons. The van der Waals surface area contributed by atoms with Crippen molar-refractivity contribution in [3.05, 3.63) is 29.3 Å². The van der Waals surface area contributed by atoms with Gasteiger partial charge in [-0.25, -0.2) is 4.79 Å². The van der Waals surface area contributed by atoms with E-state index in [0.717, 1.165) is 18.4 Å². The minimum atomic E-state index is -0.963. The number of nitrogens with two attached hydrogens (primary N) is 1. The van der Waals surface area contributed by atoms with Crippen molar-refractivity contribution >= 4 is 11.7 Å². The molecule has 0 radical (unpaired) electrons. The van der Waals surface area contributed by atoms with Crippen molar-refractivity contribution in [2.75, 3.05) is 5.73 Å². The van der Waals surface area contributed by atoms with Gasteiger partial charge in [-0.15, -0.1) is 0 Å². The molecule has 1 aromatic rings. The summed E-state index contributed by atoms with van der Waals surface area (Å²) in [5.74, 6) is -0.963. The van der Waals surface area contributed by atoms with Gasteiger partial charge in [-0.05, 0) is 30.5 Å². The first-order valence-electron chi connectivity index (χ1n) is 5.77. The predicted molar refractivity (Wildman–Crippen MR) is 65.7 cm³/mol. The third-order valence-corrected chi connectivity index (χ3v) is 2.67. The van der Waals surface area contributed by atoms with Gasteiger partial charge >= 0.3 is 5.97 Å². The SMILES string of the molecule is CCCCCCc1ccc(C(=O)O)c(N)c1. The first-order chi connectivity index (χ1) is 7.65. The number of aromatic carboxylic acids is 1. The van der Waals surface area contributed by atoms with Crippen molar-refractivity contribution in [2.45, 2.75) is 39.0 Å². The summed E-state index contributed by atoms with van der Waals surface area (Å²) >= 11 is 0. The Morgan fingerprint density at radius 3 is 2.62 bits per heavy atom. The van der Waals surface area contributed by atoms with Gasteiger partial charge in [-0.1, -0.05) is 32.3 Å². The predicted octanol–water partition coefficient (Wildman–Crippen LogP) is 3.09. The summed E-state index contributed by atoms with van der Waals surface area (Å²) in [5, 5.41) is 8.82. The molecule has 3 nitrogen and oxygen atoms in total. The quantitative estimate of drug-likeness (QED) is 0.573. The van der Waals surface area contributed by atoms with E-state index in [2.05, 4.69) is 6.92 Å². The Labute approximate surface area is 96.3 Å². The second-order valence-corrected chi connectivity index (χ2v) is 4.04. The van der Waals surface area contributed by atoms with Crippen LogP contribution in [0.25, 0.3) is 0 Å². The number of rotatable bonds is 6. The Hall–Kier alpha value is -1.51. The summed E-state index contributed by atoms with van der Waals surface area (Å²) < 4.78 is 0. The lowest BCUT2D eigenvalue weighted by Crippen LogP contribution is -2.02. The lowest BCUT2D eigenvalue weighted by Gasteiger charge is -2.05. The molecule has 0 heterocycles. The van der Waals surface area contributed by atoms with E-state index in [1.807, 2.05) is 6.07 Å². The Morgan fingerprint density at radius 1 is 1.31 bits per heavy atom. The number of hydrogen-bond acceptors (Lipinski definition) is 2. The van der Waals surface area contributed by atoms with E-state index in [1.54, 1.807) is 12.1 Å². The molecule has 0 saturated carbocycles. The molecule has 3 heteroatoms. The average molecular weight is 221 g/mol. The maximum Gasteiger partial charge on any atom is 0.337 e. The highest BCUT2D eigenvalue weighted by atomic mass is 16.4. The number of carbonyl (C=O) groups is 1. The zero-order valence-electron chi connectivity index (χ0n) is 9.70. The minimum Gasteiger partial charge on any atom is -0.478 e. The van der Waals surface area contributed by atoms with Crippen LogP contribution in [0.15, 0.2) is 18.2 Å². The van der Waals surface area contributed by atoms with Crippen LogP contribution in [0.4, 0.5) is 5.69 Å². The number of nitrogen functional groups attached to an aromatic ring is 1. The third kappa shape index (κ3) is 3.57. The van der Waals surface area contributed by atoms with Crippen molar-refractivity contribution in [1.82, 2.24) is 0 Å². The lowest BCUT2D eigenvalue weighted by atomic mass is 10.0. The van der Waals surface area contributed by atoms with Crippen LogP contribution in [0.1, 0.15) is 48.5 Å². The molecule has 0 amide bonds. The highest BCUT2D eigenvalue weighted by Crippen LogP contribution is 2.16. The van der Waals surface area contributed by atoms with Crippen molar-refractivity contribution < 1.29 is 9.90 Å². The van der Waals surface area contributed by atoms with E-state index >= 15 is 0 Å². The molecule has 0 aliphatic heterocycles. The molecular weight excluding hydrogens is 202 g/mol. The average Bonchev–Trinajstić information content (AvgIpc) is 2.24. The summed E-state index contributed by atoms with van der Waals surface area (Å²) in [6.45, 7) is 2.18. The van der Waals surface area contributed by atoms with E-state index in [1.165, 1.54) is 19.3 Å².